The second kappa shape index (κ2) is 19.9. The summed E-state index contributed by atoms with van der Waals surface area (Å²) in [6.45, 7) is 7.00. The maximum absolute atomic E-state index is 12.5. The molecule has 0 aliphatic carbocycles. The van der Waals surface area contributed by atoms with E-state index >= 15 is 0 Å². The molecule has 0 aromatic heterocycles. The van der Waals surface area contributed by atoms with E-state index in [9.17, 15) is 4.79 Å². The molecule has 1 aliphatic heterocycles. The van der Waals surface area contributed by atoms with E-state index in [1.54, 1.807) is 0 Å². The fourth-order valence-corrected chi connectivity index (χ4v) is 7.41. The SMILES string of the molecule is CCCC1(COC(C)=O)OC(c2ccc(Cl)c(Cc3ccc(OCC)cc3)c2)C(OCc2ccccc2)C(OCc2ccccc2)C1OCc1ccccc1. The molecule has 5 atom stereocenters. The third kappa shape index (κ3) is 10.8. The second-order valence-electron chi connectivity index (χ2n) is 14.0. The number of esters is 1. The fraction of sp³-hybridized carbons (Fsp3) is 0.340. The molecule has 6 rings (SSSR count). The van der Waals surface area contributed by atoms with E-state index in [1.807, 2.05) is 122 Å². The third-order valence-corrected chi connectivity index (χ3v) is 10.2. The predicted molar refractivity (Wildman–Crippen MR) is 215 cm³/mol. The van der Waals surface area contributed by atoms with Crippen molar-refractivity contribution in [1.29, 1.82) is 0 Å². The number of halogens is 1. The lowest BCUT2D eigenvalue weighted by molar-refractivity contribution is -0.314. The molecular weight excluding hydrogens is 712 g/mol. The number of ether oxygens (including phenoxy) is 6. The van der Waals surface area contributed by atoms with Crippen LogP contribution >= 0.6 is 11.6 Å². The van der Waals surface area contributed by atoms with Crippen molar-refractivity contribution in [2.75, 3.05) is 13.2 Å². The molecule has 5 aromatic rings. The van der Waals surface area contributed by atoms with Crippen LogP contribution in [0.15, 0.2) is 133 Å². The highest BCUT2D eigenvalue weighted by Crippen LogP contribution is 2.46. The predicted octanol–water partition coefficient (Wildman–Crippen LogP) is 10.3. The van der Waals surface area contributed by atoms with Crippen LogP contribution in [0.1, 0.15) is 73.1 Å². The van der Waals surface area contributed by atoms with Crippen molar-refractivity contribution in [3.63, 3.8) is 0 Å². The van der Waals surface area contributed by atoms with E-state index < -0.39 is 36.0 Å². The number of carbonyl (C=O) groups is 1. The van der Waals surface area contributed by atoms with Gasteiger partial charge in [0.15, 0.2) is 0 Å². The number of hydrogen-bond acceptors (Lipinski definition) is 7. The maximum atomic E-state index is 12.5. The van der Waals surface area contributed by atoms with E-state index in [0.717, 1.165) is 45.6 Å². The van der Waals surface area contributed by atoms with Gasteiger partial charge in [-0.1, -0.05) is 140 Å². The van der Waals surface area contributed by atoms with Gasteiger partial charge in [0.05, 0.1) is 26.4 Å². The molecule has 5 unspecified atom stereocenters. The zero-order valence-corrected chi connectivity index (χ0v) is 32.7. The first kappa shape index (κ1) is 40.2. The van der Waals surface area contributed by atoms with E-state index in [1.165, 1.54) is 6.92 Å². The van der Waals surface area contributed by atoms with Crippen molar-refractivity contribution < 1.29 is 33.2 Å². The first-order valence-corrected chi connectivity index (χ1v) is 19.5. The number of hydrogen-bond donors (Lipinski definition) is 0. The molecule has 0 saturated carbocycles. The lowest BCUT2D eigenvalue weighted by atomic mass is 9.80. The topological polar surface area (TPSA) is 72.5 Å². The highest BCUT2D eigenvalue weighted by molar-refractivity contribution is 6.31. The van der Waals surface area contributed by atoms with Crippen molar-refractivity contribution in [3.8, 4) is 5.75 Å². The molecule has 288 valence electrons. The summed E-state index contributed by atoms with van der Waals surface area (Å²) in [6, 6.07) is 44.3. The van der Waals surface area contributed by atoms with Crippen molar-refractivity contribution in [2.24, 2.45) is 0 Å². The molecule has 0 amide bonds. The molecule has 0 spiro atoms. The summed E-state index contributed by atoms with van der Waals surface area (Å²) in [7, 11) is 0. The number of rotatable bonds is 18. The summed E-state index contributed by atoms with van der Waals surface area (Å²) in [5, 5.41) is 0.649. The molecule has 7 nitrogen and oxygen atoms in total. The Balaban J connectivity index is 1.45. The van der Waals surface area contributed by atoms with Gasteiger partial charge in [0.25, 0.3) is 0 Å². The molecular formula is C47H51ClO7. The van der Waals surface area contributed by atoms with Crippen LogP contribution in [-0.4, -0.2) is 43.1 Å². The van der Waals surface area contributed by atoms with Crippen LogP contribution in [0.4, 0.5) is 0 Å². The zero-order chi connectivity index (χ0) is 38.5. The van der Waals surface area contributed by atoms with Crippen LogP contribution in [0.25, 0.3) is 0 Å². The van der Waals surface area contributed by atoms with Crippen molar-refractivity contribution in [2.45, 2.75) is 89.9 Å². The van der Waals surface area contributed by atoms with E-state index in [0.29, 0.717) is 44.3 Å². The number of benzene rings is 5. The summed E-state index contributed by atoms with van der Waals surface area (Å²) < 4.78 is 39.8. The van der Waals surface area contributed by atoms with Crippen LogP contribution in [-0.2, 0) is 54.7 Å². The summed E-state index contributed by atoms with van der Waals surface area (Å²) in [4.78, 5) is 12.5. The molecule has 0 bridgehead atoms. The van der Waals surface area contributed by atoms with Crippen LogP contribution in [0.5, 0.6) is 5.75 Å². The molecule has 1 fully saturated rings. The van der Waals surface area contributed by atoms with Crippen molar-refractivity contribution in [1.82, 2.24) is 0 Å². The minimum absolute atomic E-state index is 0.0185. The smallest absolute Gasteiger partial charge is 0.302 e. The quantitative estimate of drug-likeness (QED) is 0.0823. The van der Waals surface area contributed by atoms with Crippen molar-refractivity contribution >= 4 is 17.6 Å². The highest BCUT2D eigenvalue weighted by atomic mass is 35.5. The van der Waals surface area contributed by atoms with Gasteiger partial charge in [-0.25, -0.2) is 0 Å². The normalized spacial score (nSPS) is 20.9. The summed E-state index contributed by atoms with van der Waals surface area (Å²) >= 11 is 6.90. The van der Waals surface area contributed by atoms with Gasteiger partial charge in [0, 0.05) is 11.9 Å². The first-order chi connectivity index (χ1) is 26.9. The third-order valence-electron chi connectivity index (χ3n) is 9.86. The van der Waals surface area contributed by atoms with Crippen molar-refractivity contribution in [3.05, 3.63) is 172 Å². The monoisotopic (exact) mass is 762 g/mol. The highest BCUT2D eigenvalue weighted by Gasteiger charge is 2.57. The summed E-state index contributed by atoms with van der Waals surface area (Å²) in [5.74, 6) is 0.427. The average Bonchev–Trinajstić information content (AvgIpc) is 3.21. The molecule has 1 aliphatic rings. The van der Waals surface area contributed by atoms with Gasteiger partial charge in [-0.2, -0.15) is 0 Å². The largest absolute Gasteiger partial charge is 0.494 e. The van der Waals surface area contributed by atoms with Gasteiger partial charge >= 0.3 is 5.97 Å². The molecule has 1 saturated heterocycles. The molecule has 0 N–H and O–H groups in total. The van der Waals surface area contributed by atoms with Crippen LogP contribution in [0.3, 0.4) is 0 Å². The lowest BCUT2D eigenvalue weighted by Gasteiger charge is -2.53. The molecule has 8 heteroatoms. The Morgan fingerprint density at radius 2 is 1.25 bits per heavy atom. The Morgan fingerprint density at radius 1 is 0.691 bits per heavy atom. The van der Waals surface area contributed by atoms with Gasteiger partial charge in [-0.05, 0) is 71.3 Å². The Hall–Kier alpha value is -4.50. The molecule has 0 radical (unpaired) electrons. The minimum atomic E-state index is -1.08. The number of carbonyl (C=O) groups excluding carboxylic acids is 1. The summed E-state index contributed by atoms with van der Waals surface area (Å²) in [6.07, 6.45) is -0.706. The Morgan fingerprint density at radius 3 is 1.80 bits per heavy atom. The van der Waals surface area contributed by atoms with Crippen LogP contribution in [0.2, 0.25) is 5.02 Å². The second-order valence-corrected chi connectivity index (χ2v) is 14.4. The maximum Gasteiger partial charge on any atom is 0.302 e. The standard InChI is InChI=1S/C47H51ClO7/c1-4-27-47(33-54-34(3)49)46(53-32-38-19-13-8-14-20-38)45(52-31-37-17-11-7-12-18-37)44(51-30-36-15-9-6-10-16-36)43(55-47)39-23-26-42(48)40(29-39)28-35-21-24-41(25-22-35)50-5-2/h6-26,29,43-46H,4-5,27-28,30-33H2,1-3H3. The van der Waals surface area contributed by atoms with Gasteiger partial charge in [-0.3, -0.25) is 4.79 Å². The molecule has 1 heterocycles. The Labute approximate surface area is 330 Å². The van der Waals surface area contributed by atoms with Crippen LogP contribution < -0.4 is 4.74 Å². The van der Waals surface area contributed by atoms with E-state index in [4.69, 9.17) is 40.0 Å². The van der Waals surface area contributed by atoms with Gasteiger partial charge in [-0.15, -0.1) is 0 Å². The van der Waals surface area contributed by atoms with Gasteiger partial charge < -0.3 is 28.4 Å². The zero-order valence-electron chi connectivity index (χ0n) is 31.9. The van der Waals surface area contributed by atoms with Gasteiger partial charge in [0.2, 0.25) is 0 Å². The Bertz CT molecular complexity index is 1910. The average molecular weight is 763 g/mol. The molecule has 5 aromatic carbocycles. The fourth-order valence-electron chi connectivity index (χ4n) is 7.23. The Kier molecular flexibility index (Phi) is 14.5. The lowest BCUT2D eigenvalue weighted by Crippen LogP contribution is -2.65. The van der Waals surface area contributed by atoms with Gasteiger partial charge in [0.1, 0.15) is 42.4 Å². The van der Waals surface area contributed by atoms with Crippen LogP contribution in [0, 0.1) is 0 Å². The molecule has 55 heavy (non-hydrogen) atoms. The minimum Gasteiger partial charge on any atom is -0.494 e. The van der Waals surface area contributed by atoms with E-state index in [2.05, 4.69) is 25.1 Å². The van der Waals surface area contributed by atoms with E-state index in [-0.39, 0.29) is 6.61 Å². The summed E-state index contributed by atoms with van der Waals surface area (Å²) in [5.41, 5.74) is 4.87. The first-order valence-electron chi connectivity index (χ1n) is 19.1.